The minimum Gasteiger partial charge on any atom is -0.389 e. The van der Waals surface area contributed by atoms with Gasteiger partial charge in [0.05, 0.1) is 11.8 Å². The summed E-state index contributed by atoms with van der Waals surface area (Å²) in [5.41, 5.74) is 13.4. The van der Waals surface area contributed by atoms with E-state index in [0.717, 1.165) is 16.1 Å². The molecule has 0 amide bonds. The van der Waals surface area contributed by atoms with Gasteiger partial charge in [0.1, 0.15) is 6.10 Å². The number of rotatable bonds is 4. The number of benzene rings is 1. The van der Waals surface area contributed by atoms with E-state index < -0.39 is 12.2 Å². The van der Waals surface area contributed by atoms with Crippen LogP contribution in [0.25, 0.3) is 11.3 Å². The first-order chi connectivity index (χ1) is 9.02. The normalized spacial score (nSPS) is 14.3. The highest BCUT2D eigenvalue weighted by atomic mass is 32.1. The quantitative estimate of drug-likeness (QED) is 0.669. The number of anilines is 1. The highest BCUT2D eigenvalue weighted by Gasteiger charge is 2.17. The Labute approximate surface area is 115 Å². The smallest absolute Gasteiger partial charge is 0.180 e. The molecule has 0 fully saturated rings. The third kappa shape index (κ3) is 2.93. The summed E-state index contributed by atoms with van der Waals surface area (Å²) >= 11 is 1.44. The number of aliphatic hydroxyl groups is 2. The summed E-state index contributed by atoms with van der Waals surface area (Å²) in [5, 5.41) is 19.9. The van der Waals surface area contributed by atoms with Crippen LogP contribution in [0.2, 0.25) is 0 Å². The Morgan fingerprint density at radius 1 is 1.26 bits per heavy atom. The molecule has 6 N–H and O–H groups in total. The molecule has 0 radical (unpaired) electrons. The van der Waals surface area contributed by atoms with Gasteiger partial charge in [0.2, 0.25) is 0 Å². The minimum atomic E-state index is -0.972. The third-order valence-corrected chi connectivity index (χ3v) is 3.74. The van der Waals surface area contributed by atoms with E-state index in [0.29, 0.717) is 10.7 Å². The zero-order valence-electron chi connectivity index (χ0n) is 10.6. The van der Waals surface area contributed by atoms with Crippen molar-refractivity contribution in [3.8, 4) is 11.3 Å². The summed E-state index contributed by atoms with van der Waals surface area (Å²) in [6.07, 6.45) is -1.93. The highest BCUT2D eigenvalue weighted by molar-refractivity contribution is 7.15. The standard InChI is InChI=1S/C13H17N3O2S/c1-7-11(16-13(15)19-7)8-2-4-9(5-3-8)12(18)10(17)6-14/h2-5,10,12,17-18H,6,14H2,1H3,(H2,15,16). The molecule has 19 heavy (non-hydrogen) atoms. The van der Waals surface area contributed by atoms with Crippen molar-refractivity contribution in [1.29, 1.82) is 0 Å². The topological polar surface area (TPSA) is 105 Å². The van der Waals surface area contributed by atoms with E-state index in [1.807, 2.05) is 19.1 Å². The molecule has 1 aromatic heterocycles. The lowest BCUT2D eigenvalue weighted by atomic mass is 10.0. The molecule has 0 aliphatic rings. The molecule has 5 nitrogen and oxygen atoms in total. The van der Waals surface area contributed by atoms with E-state index in [1.165, 1.54) is 11.3 Å². The summed E-state index contributed by atoms with van der Waals surface area (Å²) in [6, 6.07) is 7.22. The Morgan fingerprint density at radius 2 is 1.89 bits per heavy atom. The fourth-order valence-electron chi connectivity index (χ4n) is 1.87. The molecule has 0 aliphatic heterocycles. The highest BCUT2D eigenvalue weighted by Crippen LogP contribution is 2.29. The molecule has 0 spiro atoms. The van der Waals surface area contributed by atoms with Crippen molar-refractivity contribution in [2.75, 3.05) is 12.3 Å². The Bertz CT molecular complexity index is 554. The minimum absolute atomic E-state index is 0.0185. The molecular formula is C13H17N3O2S. The van der Waals surface area contributed by atoms with Crippen molar-refractivity contribution >= 4 is 16.5 Å². The van der Waals surface area contributed by atoms with Gasteiger partial charge < -0.3 is 21.7 Å². The van der Waals surface area contributed by atoms with Gasteiger partial charge in [-0.25, -0.2) is 4.98 Å². The number of hydrogen-bond donors (Lipinski definition) is 4. The molecule has 0 saturated carbocycles. The number of aliphatic hydroxyl groups excluding tert-OH is 2. The number of nitrogen functional groups attached to an aromatic ring is 1. The maximum absolute atomic E-state index is 9.85. The Balaban J connectivity index is 2.26. The van der Waals surface area contributed by atoms with Gasteiger partial charge in [0.15, 0.2) is 5.13 Å². The van der Waals surface area contributed by atoms with Crippen molar-refractivity contribution < 1.29 is 10.2 Å². The zero-order valence-corrected chi connectivity index (χ0v) is 11.4. The van der Waals surface area contributed by atoms with Crippen LogP contribution < -0.4 is 11.5 Å². The Morgan fingerprint density at radius 3 is 2.37 bits per heavy atom. The molecule has 0 bridgehead atoms. The van der Waals surface area contributed by atoms with Crippen LogP contribution in [0.5, 0.6) is 0 Å². The van der Waals surface area contributed by atoms with Crippen LogP contribution >= 0.6 is 11.3 Å². The lowest BCUT2D eigenvalue weighted by molar-refractivity contribution is 0.0243. The number of nitrogens with two attached hydrogens (primary N) is 2. The van der Waals surface area contributed by atoms with Crippen molar-refractivity contribution in [3.05, 3.63) is 34.7 Å². The van der Waals surface area contributed by atoms with Gasteiger partial charge in [0, 0.05) is 17.0 Å². The molecule has 2 aromatic rings. The fraction of sp³-hybridized carbons (Fsp3) is 0.308. The first-order valence-corrected chi connectivity index (χ1v) is 6.74. The molecule has 1 heterocycles. The third-order valence-electron chi connectivity index (χ3n) is 2.94. The van der Waals surface area contributed by atoms with Gasteiger partial charge in [-0.3, -0.25) is 0 Å². The van der Waals surface area contributed by atoms with Gasteiger partial charge in [-0.15, -0.1) is 11.3 Å². The second-order valence-corrected chi connectivity index (χ2v) is 5.56. The molecule has 2 unspecified atom stereocenters. The monoisotopic (exact) mass is 279 g/mol. The number of hydrogen-bond acceptors (Lipinski definition) is 6. The summed E-state index contributed by atoms with van der Waals surface area (Å²) in [6.45, 7) is 1.98. The predicted octanol–water partition coefficient (Wildman–Crippen LogP) is 1.05. The average Bonchev–Trinajstić information content (AvgIpc) is 2.76. The summed E-state index contributed by atoms with van der Waals surface area (Å²) in [7, 11) is 0. The number of aryl methyl sites for hydroxylation is 1. The second-order valence-electron chi connectivity index (χ2n) is 4.33. The largest absolute Gasteiger partial charge is 0.389 e. The van der Waals surface area contributed by atoms with Crippen LogP contribution in [0.4, 0.5) is 5.13 Å². The van der Waals surface area contributed by atoms with Crippen LogP contribution in [-0.4, -0.2) is 27.8 Å². The zero-order chi connectivity index (χ0) is 14.0. The molecule has 2 atom stereocenters. The van der Waals surface area contributed by atoms with E-state index in [1.54, 1.807) is 12.1 Å². The average molecular weight is 279 g/mol. The van der Waals surface area contributed by atoms with E-state index in [4.69, 9.17) is 11.5 Å². The number of aromatic nitrogens is 1. The van der Waals surface area contributed by atoms with Gasteiger partial charge in [-0.1, -0.05) is 24.3 Å². The van der Waals surface area contributed by atoms with Crippen molar-refractivity contribution in [3.63, 3.8) is 0 Å². The summed E-state index contributed by atoms with van der Waals surface area (Å²) in [4.78, 5) is 5.32. The maximum Gasteiger partial charge on any atom is 0.180 e. The van der Waals surface area contributed by atoms with Crippen LogP contribution in [0.1, 0.15) is 16.5 Å². The first kappa shape index (κ1) is 14.0. The van der Waals surface area contributed by atoms with E-state index in [-0.39, 0.29) is 6.54 Å². The van der Waals surface area contributed by atoms with Crippen LogP contribution in [0, 0.1) is 6.92 Å². The lowest BCUT2D eigenvalue weighted by Gasteiger charge is -2.16. The second kappa shape index (κ2) is 5.66. The van der Waals surface area contributed by atoms with E-state index >= 15 is 0 Å². The molecule has 102 valence electrons. The van der Waals surface area contributed by atoms with Gasteiger partial charge in [-0.2, -0.15) is 0 Å². The summed E-state index contributed by atoms with van der Waals surface area (Å²) in [5.74, 6) is 0. The van der Waals surface area contributed by atoms with E-state index in [2.05, 4.69) is 4.98 Å². The van der Waals surface area contributed by atoms with Crippen molar-refractivity contribution in [2.45, 2.75) is 19.1 Å². The van der Waals surface area contributed by atoms with E-state index in [9.17, 15) is 10.2 Å². The number of nitrogens with zero attached hydrogens (tertiary/aromatic N) is 1. The molecular weight excluding hydrogens is 262 g/mol. The Hall–Kier alpha value is -1.47. The SMILES string of the molecule is Cc1sc(N)nc1-c1ccc(C(O)C(O)CN)cc1. The molecule has 1 aromatic carbocycles. The predicted molar refractivity (Wildman–Crippen MR) is 76.7 cm³/mol. The van der Waals surface area contributed by atoms with Crippen molar-refractivity contribution in [1.82, 2.24) is 4.98 Å². The molecule has 6 heteroatoms. The van der Waals surface area contributed by atoms with Crippen LogP contribution in [-0.2, 0) is 0 Å². The van der Waals surface area contributed by atoms with Crippen LogP contribution in [0.3, 0.4) is 0 Å². The summed E-state index contributed by atoms with van der Waals surface area (Å²) < 4.78 is 0. The van der Waals surface area contributed by atoms with Gasteiger partial charge in [0.25, 0.3) is 0 Å². The van der Waals surface area contributed by atoms with Crippen LogP contribution in [0.15, 0.2) is 24.3 Å². The van der Waals surface area contributed by atoms with Crippen molar-refractivity contribution in [2.24, 2.45) is 5.73 Å². The molecule has 2 rings (SSSR count). The van der Waals surface area contributed by atoms with Gasteiger partial charge >= 0.3 is 0 Å². The van der Waals surface area contributed by atoms with Gasteiger partial charge in [-0.05, 0) is 12.5 Å². The fourth-order valence-corrected chi connectivity index (χ4v) is 2.58. The molecule has 0 saturated heterocycles. The molecule has 0 aliphatic carbocycles. The Kier molecular flexibility index (Phi) is 4.16. The maximum atomic E-state index is 9.85. The number of thiazole rings is 1. The first-order valence-electron chi connectivity index (χ1n) is 5.92. The lowest BCUT2D eigenvalue weighted by Crippen LogP contribution is -2.27.